The largest absolute Gasteiger partial charge is 0.446 e. The Labute approximate surface area is 83.4 Å². The maximum absolute atomic E-state index is 5.69. The predicted octanol–water partition coefficient (Wildman–Crippen LogP) is 0.975. The zero-order valence-electron chi connectivity index (χ0n) is 8.38. The molecule has 78 valence electrons. The highest BCUT2D eigenvalue weighted by atomic mass is 16.5. The Balaban J connectivity index is 1.87. The summed E-state index contributed by atoms with van der Waals surface area (Å²) in [7, 11) is 0. The van der Waals surface area contributed by atoms with Crippen LogP contribution in [0.15, 0.2) is 16.5 Å². The van der Waals surface area contributed by atoms with Gasteiger partial charge in [0.1, 0.15) is 5.76 Å². The van der Waals surface area contributed by atoms with Crippen LogP contribution < -0.4 is 11.1 Å². The van der Waals surface area contributed by atoms with Gasteiger partial charge in [0.05, 0.1) is 13.2 Å². The van der Waals surface area contributed by atoms with Gasteiger partial charge < -0.3 is 20.2 Å². The third-order valence-corrected chi connectivity index (χ3v) is 2.63. The summed E-state index contributed by atoms with van der Waals surface area (Å²) in [4.78, 5) is 0. The van der Waals surface area contributed by atoms with E-state index in [1.807, 2.05) is 19.1 Å². The van der Waals surface area contributed by atoms with Crippen LogP contribution in [0.4, 0.5) is 5.88 Å². The minimum atomic E-state index is 0.112. The molecule has 3 N–H and O–H groups in total. The zero-order valence-corrected chi connectivity index (χ0v) is 8.38. The average molecular weight is 196 g/mol. The minimum Gasteiger partial charge on any atom is -0.446 e. The van der Waals surface area contributed by atoms with Crippen LogP contribution >= 0.6 is 0 Å². The molecule has 0 bridgehead atoms. The molecule has 4 heteroatoms. The topological polar surface area (TPSA) is 60.4 Å². The lowest BCUT2D eigenvalue weighted by Crippen LogP contribution is -2.52. The average Bonchev–Trinajstić information content (AvgIpc) is 2.50. The molecule has 14 heavy (non-hydrogen) atoms. The molecule has 1 aliphatic heterocycles. The first-order chi connectivity index (χ1) is 6.74. The predicted molar refractivity (Wildman–Crippen MR) is 54.2 cm³/mol. The van der Waals surface area contributed by atoms with Crippen molar-refractivity contribution < 1.29 is 9.15 Å². The molecule has 1 aromatic heterocycles. The van der Waals surface area contributed by atoms with E-state index < -0.39 is 0 Å². The Hall–Kier alpha value is -1.00. The molecule has 2 rings (SSSR count). The van der Waals surface area contributed by atoms with Crippen molar-refractivity contribution in [3.05, 3.63) is 17.9 Å². The molecule has 1 fully saturated rings. The molecule has 0 aromatic carbocycles. The molecule has 0 aliphatic carbocycles. The van der Waals surface area contributed by atoms with Gasteiger partial charge in [-0.3, -0.25) is 0 Å². The van der Waals surface area contributed by atoms with Gasteiger partial charge in [0.25, 0.3) is 0 Å². The fraction of sp³-hybridized carbons (Fsp3) is 0.600. The molecular formula is C10H16N2O2. The maximum Gasteiger partial charge on any atom is 0.193 e. The minimum absolute atomic E-state index is 0.112. The molecular weight excluding hydrogens is 180 g/mol. The number of hydrogen-bond acceptors (Lipinski definition) is 4. The summed E-state index contributed by atoms with van der Waals surface area (Å²) >= 11 is 0. The van der Waals surface area contributed by atoms with Gasteiger partial charge in [-0.1, -0.05) is 0 Å². The number of ether oxygens (including phenoxy) is 1. The molecule has 1 aliphatic rings. The fourth-order valence-corrected chi connectivity index (χ4v) is 1.49. The van der Waals surface area contributed by atoms with Crippen LogP contribution in [-0.4, -0.2) is 26.3 Å². The van der Waals surface area contributed by atoms with E-state index in [9.17, 15) is 0 Å². The van der Waals surface area contributed by atoms with Crippen LogP contribution in [0.2, 0.25) is 0 Å². The van der Waals surface area contributed by atoms with E-state index in [1.54, 1.807) is 0 Å². The first kappa shape index (κ1) is 9.55. The number of furan rings is 1. The number of anilines is 1. The van der Waals surface area contributed by atoms with Gasteiger partial charge in [0.15, 0.2) is 5.88 Å². The van der Waals surface area contributed by atoms with Crippen molar-refractivity contribution in [2.45, 2.75) is 6.92 Å². The number of hydrogen-bond donors (Lipinski definition) is 2. The Morgan fingerprint density at radius 3 is 2.71 bits per heavy atom. The van der Waals surface area contributed by atoms with Gasteiger partial charge in [-0.25, -0.2) is 0 Å². The fourth-order valence-electron chi connectivity index (χ4n) is 1.49. The summed E-state index contributed by atoms with van der Waals surface area (Å²) in [6, 6.07) is 3.87. The lowest BCUT2D eigenvalue weighted by atomic mass is 9.86. The third kappa shape index (κ3) is 1.76. The zero-order chi connectivity index (χ0) is 10.0. The maximum atomic E-state index is 5.69. The van der Waals surface area contributed by atoms with Crippen molar-refractivity contribution in [3.63, 3.8) is 0 Å². The van der Waals surface area contributed by atoms with E-state index in [2.05, 4.69) is 5.32 Å². The number of nitrogens with two attached hydrogens (primary N) is 1. The number of nitrogens with one attached hydrogen (secondary N) is 1. The highest BCUT2D eigenvalue weighted by Gasteiger charge is 2.37. The lowest BCUT2D eigenvalue weighted by molar-refractivity contribution is -0.0980. The van der Waals surface area contributed by atoms with Crippen molar-refractivity contribution >= 4 is 5.88 Å². The summed E-state index contributed by atoms with van der Waals surface area (Å²) in [6.07, 6.45) is 0. The monoisotopic (exact) mass is 196 g/mol. The van der Waals surface area contributed by atoms with Crippen molar-refractivity contribution in [2.75, 3.05) is 31.6 Å². The molecule has 4 nitrogen and oxygen atoms in total. The van der Waals surface area contributed by atoms with Crippen LogP contribution in [0, 0.1) is 12.3 Å². The highest BCUT2D eigenvalue weighted by Crippen LogP contribution is 2.26. The second-order valence-electron chi connectivity index (χ2n) is 3.96. The van der Waals surface area contributed by atoms with Gasteiger partial charge in [-0.15, -0.1) is 0 Å². The summed E-state index contributed by atoms with van der Waals surface area (Å²) in [6.45, 7) is 4.89. The van der Waals surface area contributed by atoms with E-state index in [0.29, 0.717) is 6.54 Å². The number of aryl methyl sites for hydroxylation is 1. The molecule has 2 heterocycles. The van der Waals surface area contributed by atoms with Gasteiger partial charge >= 0.3 is 0 Å². The van der Waals surface area contributed by atoms with Gasteiger partial charge in [0, 0.05) is 24.6 Å². The van der Waals surface area contributed by atoms with Gasteiger partial charge in [0.2, 0.25) is 0 Å². The van der Waals surface area contributed by atoms with Crippen molar-refractivity contribution in [1.29, 1.82) is 0 Å². The van der Waals surface area contributed by atoms with Crippen LogP contribution in [0.25, 0.3) is 0 Å². The molecule has 0 radical (unpaired) electrons. The first-order valence-corrected chi connectivity index (χ1v) is 4.82. The molecule has 0 spiro atoms. The Morgan fingerprint density at radius 2 is 2.29 bits per heavy atom. The Morgan fingerprint density at radius 1 is 1.50 bits per heavy atom. The summed E-state index contributed by atoms with van der Waals surface area (Å²) in [5, 5.41) is 3.23. The molecule has 0 saturated carbocycles. The molecule has 0 unspecified atom stereocenters. The quantitative estimate of drug-likeness (QED) is 0.753. The van der Waals surface area contributed by atoms with Crippen LogP contribution in [0.3, 0.4) is 0 Å². The highest BCUT2D eigenvalue weighted by molar-refractivity contribution is 5.32. The number of rotatable bonds is 4. The molecule has 0 amide bonds. The smallest absolute Gasteiger partial charge is 0.193 e. The van der Waals surface area contributed by atoms with Crippen LogP contribution in [0.1, 0.15) is 5.76 Å². The molecule has 1 aromatic rings. The van der Waals surface area contributed by atoms with E-state index in [4.69, 9.17) is 14.9 Å². The lowest BCUT2D eigenvalue weighted by Gasteiger charge is -2.40. The third-order valence-electron chi connectivity index (χ3n) is 2.63. The Bertz CT molecular complexity index is 299. The van der Waals surface area contributed by atoms with Crippen molar-refractivity contribution in [2.24, 2.45) is 11.1 Å². The second kappa shape index (κ2) is 3.63. The van der Waals surface area contributed by atoms with E-state index in [-0.39, 0.29) is 5.41 Å². The van der Waals surface area contributed by atoms with E-state index in [0.717, 1.165) is 31.4 Å². The standard InChI is InChI=1S/C10H16N2O2/c1-8-2-3-9(14-8)12-5-10(4-11)6-13-7-10/h2-3,12H,4-7,11H2,1H3. The first-order valence-electron chi connectivity index (χ1n) is 4.82. The SMILES string of the molecule is Cc1ccc(NCC2(CN)COC2)o1. The van der Waals surface area contributed by atoms with Crippen LogP contribution in [-0.2, 0) is 4.74 Å². The molecule has 0 atom stereocenters. The van der Waals surface area contributed by atoms with E-state index in [1.165, 1.54) is 0 Å². The second-order valence-corrected chi connectivity index (χ2v) is 3.96. The van der Waals surface area contributed by atoms with Gasteiger partial charge in [-0.2, -0.15) is 0 Å². The molecule has 1 saturated heterocycles. The van der Waals surface area contributed by atoms with Gasteiger partial charge in [-0.05, 0) is 13.0 Å². The summed E-state index contributed by atoms with van der Waals surface area (Å²) in [5.74, 6) is 1.72. The summed E-state index contributed by atoms with van der Waals surface area (Å²) in [5.41, 5.74) is 5.80. The van der Waals surface area contributed by atoms with Crippen molar-refractivity contribution in [3.8, 4) is 0 Å². The summed E-state index contributed by atoms with van der Waals surface area (Å²) < 4.78 is 10.6. The van der Waals surface area contributed by atoms with Crippen molar-refractivity contribution in [1.82, 2.24) is 0 Å². The van der Waals surface area contributed by atoms with Crippen LogP contribution in [0.5, 0.6) is 0 Å². The normalized spacial score (nSPS) is 19.0. The van der Waals surface area contributed by atoms with E-state index >= 15 is 0 Å². The Kier molecular flexibility index (Phi) is 2.48.